The highest BCUT2D eigenvalue weighted by Gasteiger charge is 2.33. The highest BCUT2D eigenvalue weighted by molar-refractivity contribution is 7.89. The lowest BCUT2D eigenvalue weighted by Crippen LogP contribution is -2.40. The summed E-state index contributed by atoms with van der Waals surface area (Å²) < 4.78 is 44.6. The van der Waals surface area contributed by atoms with Gasteiger partial charge in [0.2, 0.25) is 10.0 Å². The molecule has 1 N–H and O–H groups in total. The van der Waals surface area contributed by atoms with Crippen molar-refractivity contribution in [2.45, 2.75) is 17.7 Å². The third-order valence-corrected chi connectivity index (χ3v) is 6.84. The van der Waals surface area contributed by atoms with Gasteiger partial charge in [-0.2, -0.15) is 4.31 Å². The number of rotatable bonds is 6. The number of nitrogens with one attached hydrogen (secondary N) is 1. The minimum absolute atomic E-state index is 0.00242. The zero-order chi connectivity index (χ0) is 21.7. The Labute approximate surface area is 178 Å². The van der Waals surface area contributed by atoms with Crippen LogP contribution in [-0.4, -0.2) is 44.3 Å². The van der Waals surface area contributed by atoms with Gasteiger partial charge in [0.05, 0.1) is 10.8 Å². The summed E-state index contributed by atoms with van der Waals surface area (Å²) in [5, 5.41) is 3.04. The minimum Gasteiger partial charge on any atom is -0.455 e. The highest BCUT2D eigenvalue weighted by Crippen LogP contribution is 2.25. The number of piperidine rings is 1. The topological polar surface area (TPSA) is 92.8 Å². The third kappa shape index (κ3) is 5.56. The Kier molecular flexibility index (Phi) is 7.06. The molecule has 0 unspecified atom stereocenters. The second-order valence-electron chi connectivity index (χ2n) is 6.80. The second-order valence-corrected chi connectivity index (χ2v) is 9.17. The number of anilines is 1. The van der Waals surface area contributed by atoms with Crippen LogP contribution in [0.5, 0.6) is 0 Å². The van der Waals surface area contributed by atoms with Crippen molar-refractivity contribution in [1.82, 2.24) is 4.31 Å². The maximum Gasteiger partial charge on any atom is 0.309 e. The predicted octanol–water partition coefficient (Wildman–Crippen LogP) is 3.06. The average molecular weight is 455 g/mol. The molecule has 0 radical (unpaired) electrons. The van der Waals surface area contributed by atoms with E-state index in [4.69, 9.17) is 16.3 Å². The molecule has 3 rings (SSSR count). The van der Waals surface area contributed by atoms with E-state index < -0.39 is 40.2 Å². The molecule has 1 fully saturated rings. The number of sulfonamides is 1. The van der Waals surface area contributed by atoms with E-state index in [1.165, 1.54) is 16.4 Å². The zero-order valence-corrected chi connectivity index (χ0v) is 17.5. The van der Waals surface area contributed by atoms with Crippen LogP contribution in [0.4, 0.5) is 10.1 Å². The molecule has 10 heteroatoms. The zero-order valence-electron chi connectivity index (χ0n) is 15.9. The minimum atomic E-state index is -3.75. The molecule has 1 saturated heterocycles. The molecule has 2 aromatic rings. The Morgan fingerprint density at radius 3 is 2.43 bits per heavy atom. The van der Waals surface area contributed by atoms with E-state index in [2.05, 4.69) is 5.32 Å². The molecule has 0 aromatic heterocycles. The van der Waals surface area contributed by atoms with E-state index in [9.17, 15) is 22.4 Å². The molecule has 0 aliphatic carbocycles. The van der Waals surface area contributed by atoms with Gasteiger partial charge in [-0.3, -0.25) is 9.59 Å². The molecular weight excluding hydrogens is 435 g/mol. The van der Waals surface area contributed by atoms with Gasteiger partial charge < -0.3 is 10.1 Å². The summed E-state index contributed by atoms with van der Waals surface area (Å²) in [4.78, 5) is 24.2. The predicted molar refractivity (Wildman–Crippen MR) is 109 cm³/mol. The molecule has 1 heterocycles. The van der Waals surface area contributed by atoms with E-state index in [1.54, 1.807) is 24.3 Å². The summed E-state index contributed by atoms with van der Waals surface area (Å²) in [5.74, 6) is -2.06. The van der Waals surface area contributed by atoms with Crippen molar-refractivity contribution in [2.24, 2.45) is 5.92 Å². The number of carbonyl (C=O) groups is 2. The van der Waals surface area contributed by atoms with Crippen LogP contribution in [0.15, 0.2) is 53.4 Å². The van der Waals surface area contributed by atoms with Gasteiger partial charge in [0.25, 0.3) is 5.91 Å². The molecule has 0 spiro atoms. The van der Waals surface area contributed by atoms with Gasteiger partial charge in [0.1, 0.15) is 5.82 Å². The lowest BCUT2D eigenvalue weighted by molar-refractivity contribution is -0.152. The Morgan fingerprint density at radius 2 is 1.80 bits per heavy atom. The Hall–Kier alpha value is -2.49. The lowest BCUT2D eigenvalue weighted by atomic mass is 9.98. The summed E-state index contributed by atoms with van der Waals surface area (Å²) in [7, 11) is -3.75. The third-order valence-electron chi connectivity index (χ3n) is 4.69. The number of hydrogen-bond acceptors (Lipinski definition) is 5. The quantitative estimate of drug-likeness (QED) is 0.677. The van der Waals surface area contributed by atoms with Crippen LogP contribution in [0.2, 0.25) is 5.02 Å². The largest absolute Gasteiger partial charge is 0.455 e. The van der Waals surface area contributed by atoms with Gasteiger partial charge in [-0.05, 0) is 55.3 Å². The molecule has 0 atom stereocenters. The first-order valence-electron chi connectivity index (χ1n) is 9.23. The molecule has 1 aliphatic rings. The second kappa shape index (κ2) is 9.55. The fourth-order valence-corrected chi connectivity index (χ4v) is 4.77. The maximum atomic E-state index is 13.0. The molecule has 0 saturated carbocycles. The first-order chi connectivity index (χ1) is 14.3. The van der Waals surface area contributed by atoms with E-state index >= 15 is 0 Å². The van der Waals surface area contributed by atoms with E-state index in [0.29, 0.717) is 10.7 Å². The fourth-order valence-electron chi connectivity index (χ4n) is 3.11. The number of halogens is 2. The molecule has 2 aromatic carbocycles. The number of esters is 1. The standard InChI is InChI=1S/C20H20ClFN2O5S/c21-15-2-1-3-17(12-15)23-19(25)13-29-20(26)14-8-10-24(11-9-14)30(27,28)18-6-4-16(22)5-7-18/h1-7,12,14H,8-11,13H2,(H,23,25). The van der Waals surface area contributed by atoms with Crippen LogP contribution in [-0.2, 0) is 24.3 Å². The van der Waals surface area contributed by atoms with Gasteiger partial charge in [-0.15, -0.1) is 0 Å². The monoisotopic (exact) mass is 454 g/mol. The molecule has 30 heavy (non-hydrogen) atoms. The number of ether oxygens (including phenoxy) is 1. The summed E-state index contributed by atoms with van der Waals surface area (Å²) >= 11 is 5.85. The molecule has 1 aliphatic heterocycles. The first-order valence-corrected chi connectivity index (χ1v) is 11.1. The van der Waals surface area contributed by atoms with Crippen LogP contribution in [0, 0.1) is 11.7 Å². The SMILES string of the molecule is O=C(COC(=O)C1CCN(S(=O)(=O)c2ccc(F)cc2)CC1)Nc1cccc(Cl)c1. The van der Waals surface area contributed by atoms with Crippen LogP contribution in [0.1, 0.15) is 12.8 Å². The van der Waals surface area contributed by atoms with Crippen LogP contribution >= 0.6 is 11.6 Å². The molecular formula is C20H20ClFN2O5S. The van der Waals surface area contributed by atoms with Gasteiger partial charge in [-0.25, -0.2) is 12.8 Å². The summed E-state index contributed by atoms with van der Waals surface area (Å²) in [6, 6.07) is 11.2. The van der Waals surface area contributed by atoms with Crippen molar-refractivity contribution in [3.8, 4) is 0 Å². The molecule has 160 valence electrons. The van der Waals surface area contributed by atoms with Crippen molar-refractivity contribution in [1.29, 1.82) is 0 Å². The smallest absolute Gasteiger partial charge is 0.309 e. The number of amides is 1. The highest BCUT2D eigenvalue weighted by atomic mass is 35.5. The molecule has 7 nitrogen and oxygen atoms in total. The van der Waals surface area contributed by atoms with E-state index in [-0.39, 0.29) is 30.8 Å². The lowest BCUT2D eigenvalue weighted by Gasteiger charge is -2.30. The van der Waals surface area contributed by atoms with Crippen LogP contribution in [0.25, 0.3) is 0 Å². The summed E-state index contributed by atoms with van der Waals surface area (Å²) in [6.45, 7) is -0.179. The summed E-state index contributed by atoms with van der Waals surface area (Å²) in [6.07, 6.45) is 0.546. The maximum absolute atomic E-state index is 13.0. The van der Waals surface area contributed by atoms with Crippen molar-refractivity contribution >= 4 is 39.2 Å². The van der Waals surface area contributed by atoms with Crippen LogP contribution < -0.4 is 5.32 Å². The van der Waals surface area contributed by atoms with Crippen molar-refractivity contribution < 1.29 is 27.1 Å². The average Bonchev–Trinajstić information content (AvgIpc) is 2.72. The van der Waals surface area contributed by atoms with E-state index in [0.717, 1.165) is 12.1 Å². The number of benzene rings is 2. The number of nitrogens with zero attached hydrogens (tertiary/aromatic N) is 1. The van der Waals surface area contributed by atoms with Crippen LogP contribution in [0.3, 0.4) is 0 Å². The Morgan fingerprint density at radius 1 is 1.13 bits per heavy atom. The van der Waals surface area contributed by atoms with Gasteiger partial charge in [0.15, 0.2) is 6.61 Å². The summed E-state index contributed by atoms with van der Waals surface area (Å²) in [5.41, 5.74) is 0.489. The normalized spacial score (nSPS) is 15.5. The van der Waals surface area contributed by atoms with Gasteiger partial charge in [0, 0.05) is 23.8 Å². The number of hydrogen-bond donors (Lipinski definition) is 1. The first kappa shape index (κ1) is 22.2. The van der Waals surface area contributed by atoms with Gasteiger partial charge in [-0.1, -0.05) is 17.7 Å². The fraction of sp³-hybridized carbons (Fsp3) is 0.300. The van der Waals surface area contributed by atoms with Gasteiger partial charge >= 0.3 is 5.97 Å². The van der Waals surface area contributed by atoms with Crippen molar-refractivity contribution in [3.63, 3.8) is 0 Å². The molecule has 1 amide bonds. The van der Waals surface area contributed by atoms with Crippen molar-refractivity contribution in [2.75, 3.05) is 25.0 Å². The Balaban J connectivity index is 1.48. The van der Waals surface area contributed by atoms with Crippen molar-refractivity contribution in [3.05, 3.63) is 59.4 Å². The van der Waals surface area contributed by atoms with E-state index in [1.807, 2.05) is 0 Å². The number of carbonyl (C=O) groups excluding carboxylic acids is 2. The Bertz CT molecular complexity index is 1020. The molecule has 0 bridgehead atoms.